The van der Waals surface area contributed by atoms with E-state index in [1.54, 1.807) is 12.1 Å². The molecule has 1 N–H and O–H groups in total. The van der Waals surface area contributed by atoms with Crippen LogP contribution in [0.15, 0.2) is 18.2 Å². The van der Waals surface area contributed by atoms with Crippen molar-refractivity contribution in [2.45, 2.75) is 19.1 Å². The van der Waals surface area contributed by atoms with Crippen LogP contribution in [0.2, 0.25) is 0 Å². The summed E-state index contributed by atoms with van der Waals surface area (Å²) in [5.41, 5.74) is 0.632. The fraction of sp³-hybridized carbons (Fsp3) is 0.500. The average Bonchev–Trinajstić information content (AvgIpc) is 2.30. The van der Waals surface area contributed by atoms with Crippen LogP contribution in [0, 0.1) is 5.82 Å². The zero-order valence-corrected chi connectivity index (χ0v) is 9.50. The lowest BCUT2D eigenvalue weighted by Crippen LogP contribution is -2.39. The van der Waals surface area contributed by atoms with E-state index >= 15 is 0 Å². The van der Waals surface area contributed by atoms with E-state index in [9.17, 15) is 4.39 Å². The van der Waals surface area contributed by atoms with Crippen LogP contribution in [0.25, 0.3) is 0 Å². The monoisotopic (exact) mass is 225 g/mol. The van der Waals surface area contributed by atoms with Crippen LogP contribution in [0.3, 0.4) is 0 Å². The molecule has 4 heteroatoms. The lowest BCUT2D eigenvalue weighted by Gasteiger charge is -2.28. The van der Waals surface area contributed by atoms with Crippen LogP contribution in [-0.2, 0) is 4.74 Å². The summed E-state index contributed by atoms with van der Waals surface area (Å²) in [7, 11) is 1.53. The van der Waals surface area contributed by atoms with Crippen molar-refractivity contribution in [3.8, 4) is 5.75 Å². The molecule has 0 radical (unpaired) electrons. The van der Waals surface area contributed by atoms with Gasteiger partial charge in [0.2, 0.25) is 0 Å². The Labute approximate surface area is 94.6 Å². The zero-order chi connectivity index (χ0) is 11.5. The predicted molar refractivity (Wildman–Crippen MR) is 59.1 cm³/mol. The summed E-state index contributed by atoms with van der Waals surface area (Å²) in [4.78, 5) is 0. The lowest BCUT2D eigenvalue weighted by atomic mass is 10.1. The van der Waals surface area contributed by atoms with E-state index in [-0.39, 0.29) is 18.0 Å². The fourth-order valence-electron chi connectivity index (χ4n) is 1.80. The Kier molecular flexibility index (Phi) is 3.41. The Hall–Kier alpha value is -1.13. The Morgan fingerprint density at radius 2 is 2.31 bits per heavy atom. The van der Waals surface area contributed by atoms with Gasteiger partial charge in [-0.05, 0) is 13.0 Å². The summed E-state index contributed by atoms with van der Waals surface area (Å²) in [5, 5.41) is 3.26. The summed E-state index contributed by atoms with van der Waals surface area (Å²) >= 11 is 0. The molecular formula is C12H16FNO2. The number of hydrogen-bond donors (Lipinski definition) is 1. The molecule has 88 valence electrons. The molecule has 1 saturated heterocycles. The molecule has 0 saturated carbocycles. The number of methoxy groups -OCH3 is 1. The van der Waals surface area contributed by atoms with E-state index in [0.717, 1.165) is 6.54 Å². The number of morpholine rings is 1. The highest BCUT2D eigenvalue weighted by atomic mass is 19.1. The fourth-order valence-corrected chi connectivity index (χ4v) is 1.80. The second-order valence-electron chi connectivity index (χ2n) is 3.99. The van der Waals surface area contributed by atoms with Crippen molar-refractivity contribution in [1.82, 2.24) is 5.32 Å². The summed E-state index contributed by atoms with van der Waals surface area (Å²) in [6, 6.07) is 4.83. The van der Waals surface area contributed by atoms with Crippen molar-refractivity contribution in [3.05, 3.63) is 29.6 Å². The van der Waals surface area contributed by atoms with Gasteiger partial charge in [0.05, 0.1) is 25.9 Å². The largest absolute Gasteiger partial charge is 0.497 e. The van der Waals surface area contributed by atoms with E-state index in [2.05, 4.69) is 5.32 Å². The highest BCUT2D eigenvalue weighted by Crippen LogP contribution is 2.24. The van der Waals surface area contributed by atoms with Crippen LogP contribution in [0.1, 0.15) is 18.5 Å². The summed E-state index contributed by atoms with van der Waals surface area (Å²) < 4.78 is 24.2. The number of rotatable bonds is 2. The van der Waals surface area contributed by atoms with Crippen molar-refractivity contribution in [2.75, 3.05) is 20.3 Å². The number of halogens is 1. The first-order valence-corrected chi connectivity index (χ1v) is 5.39. The van der Waals surface area contributed by atoms with Gasteiger partial charge in [-0.3, -0.25) is 0 Å². The minimum absolute atomic E-state index is 0.0675. The standard InChI is InChI=1S/C12H16FNO2/c1-8-6-14-12(7-16-8)10-4-3-9(15-2)5-11(10)13/h3-5,8,12,14H,6-7H2,1-2H3. The molecule has 1 aliphatic heterocycles. The molecule has 2 unspecified atom stereocenters. The zero-order valence-electron chi connectivity index (χ0n) is 9.50. The summed E-state index contributed by atoms with van der Waals surface area (Å²) in [5.74, 6) is 0.279. The average molecular weight is 225 g/mol. The maximum atomic E-state index is 13.7. The van der Waals surface area contributed by atoms with Crippen molar-refractivity contribution >= 4 is 0 Å². The smallest absolute Gasteiger partial charge is 0.131 e. The molecular weight excluding hydrogens is 209 g/mol. The van der Waals surface area contributed by atoms with E-state index in [0.29, 0.717) is 17.9 Å². The van der Waals surface area contributed by atoms with Gasteiger partial charge < -0.3 is 14.8 Å². The normalized spacial score (nSPS) is 25.4. The molecule has 1 aromatic rings. The molecule has 2 rings (SSSR count). The first-order chi connectivity index (χ1) is 7.70. The number of hydrogen-bond acceptors (Lipinski definition) is 3. The van der Waals surface area contributed by atoms with Crippen molar-refractivity contribution in [3.63, 3.8) is 0 Å². The van der Waals surface area contributed by atoms with Gasteiger partial charge in [-0.15, -0.1) is 0 Å². The third kappa shape index (κ3) is 2.33. The van der Waals surface area contributed by atoms with Gasteiger partial charge in [0, 0.05) is 18.2 Å². The van der Waals surface area contributed by atoms with Gasteiger partial charge in [-0.2, -0.15) is 0 Å². The maximum absolute atomic E-state index is 13.7. The molecule has 0 aliphatic carbocycles. The molecule has 1 aliphatic rings. The Morgan fingerprint density at radius 1 is 1.50 bits per heavy atom. The highest BCUT2D eigenvalue weighted by Gasteiger charge is 2.22. The van der Waals surface area contributed by atoms with E-state index in [1.165, 1.54) is 13.2 Å². The third-order valence-corrected chi connectivity index (χ3v) is 2.78. The first kappa shape index (κ1) is 11.4. The van der Waals surface area contributed by atoms with Gasteiger partial charge in [0.25, 0.3) is 0 Å². The molecule has 1 heterocycles. The topological polar surface area (TPSA) is 30.5 Å². The predicted octanol–water partition coefficient (Wildman–Crippen LogP) is 1.88. The Bertz CT molecular complexity index is 362. The molecule has 1 fully saturated rings. The Balaban J connectivity index is 2.14. The van der Waals surface area contributed by atoms with Crippen molar-refractivity contribution < 1.29 is 13.9 Å². The van der Waals surface area contributed by atoms with E-state index in [1.807, 2.05) is 6.92 Å². The van der Waals surface area contributed by atoms with Gasteiger partial charge in [0.1, 0.15) is 11.6 Å². The van der Waals surface area contributed by atoms with Gasteiger partial charge in [-0.1, -0.05) is 6.07 Å². The van der Waals surface area contributed by atoms with Gasteiger partial charge >= 0.3 is 0 Å². The highest BCUT2D eigenvalue weighted by molar-refractivity contribution is 5.31. The van der Waals surface area contributed by atoms with Gasteiger partial charge in [0.15, 0.2) is 0 Å². The second kappa shape index (κ2) is 4.80. The molecule has 2 atom stereocenters. The van der Waals surface area contributed by atoms with Crippen LogP contribution >= 0.6 is 0 Å². The SMILES string of the molecule is COc1ccc(C2COC(C)CN2)c(F)c1. The minimum atomic E-state index is -0.255. The molecule has 0 bridgehead atoms. The van der Waals surface area contributed by atoms with Crippen molar-refractivity contribution in [1.29, 1.82) is 0 Å². The van der Waals surface area contributed by atoms with Crippen LogP contribution in [0.4, 0.5) is 4.39 Å². The maximum Gasteiger partial charge on any atom is 0.131 e. The molecule has 3 nitrogen and oxygen atoms in total. The molecule has 0 spiro atoms. The quantitative estimate of drug-likeness (QED) is 0.833. The summed E-state index contributed by atoms with van der Waals surface area (Å²) in [6.45, 7) is 3.24. The van der Waals surface area contributed by atoms with Crippen LogP contribution < -0.4 is 10.1 Å². The minimum Gasteiger partial charge on any atom is -0.497 e. The van der Waals surface area contributed by atoms with Crippen LogP contribution in [0.5, 0.6) is 5.75 Å². The molecule has 0 amide bonds. The van der Waals surface area contributed by atoms with E-state index in [4.69, 9.17) is 9.47 Å². The number of benzene rings is 1. The Morgan fingerprint density at radius 3 is 2.88 bits per heavy atom. The molecule has 16 heavy (non-hydrogen) atoms. The number of ether oxygens (including phenoxy) is 2. The van der Waals surface area contributed by atoms with Crippen molar-refractivity contribution in [2.24, 2.45) is 0 Å². The first-order valence-electron chi connectivity index (χ1n) is 5.39. The number of nitrogens with one attached hydrogen (secondary N) is 1. The van der Waals surface area contributed by atoms with E-state index < -0.39 is 0 Å². The molecule has 0 aromatic heterocycles. The van der Waals surface area contributed by atoms with Crippen LogP contribution in [-0.4, -0.2) is 26.4 Å². The molecule has 1 aromatic carbocycles. The lowest BCUT2D eigenvalue weighted by molar-refractivity contribution is 0.0141. The second-order valence-corrected chi connectivity index (χ2v) is 3.99. The summed E-state index contributed by atoms with van der Waals surface area (Å²) in [6.07, 6.45) is 0.192. The third-order valence-electron chi connectivity index (χ3n) is 2.78. The van der Waals surface area contributed by atoms with Gasteiger partial charge in [-0.25, -0.2) is 4.39 Å².